The average Bonchev–Trinajstić information content (AvgIpc) is 2.69. The third-order valence-corrected chi connectivity index (χ3v) is 4.73. The lowest BCUT2D eigenvalue weighted by molar-refractivity contribution is 0.804. The zero-order chi connectivity index (χ0) is 18.0. The highest BCUT2D eigenvalue weighted by atomic mass is 14.2. The van der Waals surface area contributed by atoms with Crippen molar-refractivity contribution in [1.82, 2.24) is 0 Å². The smallest absolute Gasteiger partial charge is 0.0991 e. The molecule has 0 saturated heterocycles. The first-order chi connectivity index (χ1) is 12.8. The van der Waals surface area contributed by atoms with Gasteiger partial charge in [-0.3, -0.25) is 0 Å². The van der Waals surface area contributed by atoms with Crippen molar-refractivity contribution in [1.29, 1.82) is 5.26 Å². The van der Waals surface area contributed by atoms with Gasteiger partial charge in [0.2, 0.25) is 0 Å². The van der Waals surface area contributed by atoms with Crippen LogP contribution in [0.4, 0.5) is 0 Å². The second-order valence-corrected chi connectivity index (χ2v) is 6.83. The highest BCUT2D eigenvalue weighted by Crippen LogP contribution is 2.16. The van der Waals surface area contributed by atoms with Gasteiger partial charge in [0.05, 0.1) is 11.6 Å². The van der Waals surface area contributed by atoms with E-state index in [1.807, 2.05) is 12.1 Å². The lowest BCUT2D eigenvalue weighted by Gasteiger charge is -2.08. The monoisotopic (exact) mass is 339 g/mol. The molecular formula is C25H25N. The van der Waals surface area contributed by atoms with Crippen molar-refractivity contribution < 1.29 is 0 Å². The van der Waals surface area contributed by atoms with Crippen LogP contribution in [0.25, 0.3) is 0 Å². The van der Waals surface area contributed by atoms with Crippen LogP contribution in [0.5, 0.6) is 0 Å². The van der Waals surface area contributed by atoms with Crippen molar-refractivity contribution in [3.63, 3.8) is 0 Å². The first-order valence-corrected chi connectivity index (χ1v) is 9.44. The minimum atomic E-state index is 0.789. The second-order valence-electron chi connectivity index (χ2n) is 6.83. The molecule has 0 heterocycles. The zero-order valence-corrected chi connectivity index (χ0v) is 15.2. The standard InChI is InChI=1S/C25H25N/c26-20-25-18-23(15-7-13-21-9-3-1-4-10-21)17-24(19-25)16-8-14-22-11-5-2-6-12-22/h1-6,9-12,17-19H,7-8,13-16H2. The highest BCUT2D eigenvalue weighted by Gasteiger charge is 2.03. The largest absolute Gasteiger partial charge is 0.192 e. The fourth-order valence-electron chi connectivity index (χ4n) is 3.40. The first-order valence-electron chi connectivity index (χ1n) is 9.44. The molecule has 0 amide bonds. The number of aryl methyl sites for hydroxylation is 4. The molecule has 0 aliphatic carbocycles. The van der Waals surface area contributed by atoms with Crippen molar-refractivity contribution in [3.05, 3.63) is 107 Å². The van der Waals surface area contributed by atoms with Gasteiger partial charge in [0.25, 0.3) is 0 Å². The summed E-state index contributed by atoms with van der Waals surface area (Å²) in [6.45, 7) is 0. The quantitative estimate of drug-likeness (QED) is 0.500. The van der Waals surface area contributed by atoms with E-state index in [9.17, 15) is 5.26 Å². The van der Waals surface area contributed by atoms with Gasteiger partial charge in [0.1, 0.15) is 0 Å². The van der Waals surface area contributed by atoms with Crippen molar-refractivity contribution in [2.45, 2.75) is 38.5 Å². The topological polar surface area (TPSA) is 23.8 Å². The molecule has 0 radical (unpaired) electrons. The minimum absolute atomic E-state index is 0.789. The molecule has 130 valence electrons. The Bertz CT molecular complexity index is 781. The Morgan fingerprint density at radius 1 is 0.538 bits per heavy atom. The number of nitrogens with zero attached hydrogens (tertiary/aromatic N) is 1. The van der Waals surface area contributed by atoms with Gasteiger partial charge in [-0.05, 0) is 72.9 Å². The van der Waals surface area contributed by atoms with E-state index in [1.165, 1.54) is 22.3 Å². The summed E-state index contributed by atoms with van der Waals surface area (Å²) in [6, 6.07) is 29.9. The van der Waals surface area contributed by atoms with Gasteiger partial charge in [-0.1, -0.05) is 66.7 Å². The Morgan fingerprint density at radius 2 is 0.962 bits per heavy atom. The molecular weight excluding hydrogens is 314 g/mol. The molecule has 0 spiro atoms. The van der Waals surface area contributed by atoms with Gasteiger partial charge in [0.15, 0.2) is 0 Å². The Labute approximate surface area is 156 Å². The first kappa shape index (κ1) is 18.0. The van der Waals surface area contributed by atoms with Gasteiger partial charge in [0, 0.05) is 0 Å². The number of hydrogen-bond donors (Lipinski definition) is 0. The molecule has 26 heavy (non-hydrogen) atoms. The summed E-state index contributed by atoms with van der Waals surface area (Å²) >= 11 is 0. The molecule has 0 aliphatic rings. The van der Waals surface area contributed by atoms with E-state index in [0.717, 1.165) is 44.1 Å². The lowest BCUT2D eigenvalue weighted by Crippen LogP contribution is -1.95. The SMILES string of the molecule is N#Cc1cc(CCCc2ccccc2)cc(CCCc2ccccc2)c1. The molecule has 3 aromatic rings. The molecule has 0 aliphatic heterocycles. The summed E-state index contributed by atoms with van der Waals surface area (Å²) in [6.07, 6.45) is 6.44. The number of nitriles is 1. The molecule has 0 aromatic heterocycles. The fraction of sp³-hybridized carbons (Fsp3) is 0.240. The molecule has 0 unspecified atom stereocenters. The van der Waals surface area contributed by atoms with Crippen LogP contribution in [0.2, 0.25) is 0 Å². The predicted molar refractivity (Wildman–Crippen MR) is 108 cm³/mol. The van der Waals surface area contributed by atoms with Gasteiger partial charge >= 0.3 is 0 Å². The summed E-state index contributed by atoms with van der Waals surface area (Å²) in [5.74, 6) is 0. The van der Waals surface area contributed by atoms with Crippen molar-refractivity contribution in [2.24, 2.45) is 0 Å². The summed E-state index contributed by atoms with van der Waals surface area (Å²) in [4.78, 5) is 0. The van der Waals surface area contributed by atoms with Crippen LogP contribution in [0.15, 0.2) is 78.9 Å². The van der Waals surface area contributed by atoms with E-state index in [-0.39, 0.29) is 0 Å². The normalized spacial score (nSPS) is 10.4. The molecule has 0 saturated carbocycles. The maximum absolute atomic E-state index is 9.34. The maximum Gasteiger partial charge on any atom is 0.0991 e. The van der Waals surface area contributed by atoms with Crippen LogP contribution in [0.1, 0.15) is 40.7 Å². The molecule has 1 heteroatoms. The Balaban J connectivity index is 1.56. The number of benzene rings is 3. The third kappa shape index (κ3) is 5.60. The van der Waals surface area contributed by atoms with Crippen molar-refractivity contribution >= 4 is 0 Å². The Kier molecular flexibility index (Phi) is 6.62. The minimum Gasteiger partial charge on any atom is -0.192 e. The molecule has 3 aromatic carbocycles. The van der Waals surface area contributed by atoms with Gasteiger partial charge < -0.3 is 0 Å². The molecule has 1 nitrogen and oxygen atoms in total. The maximum atomic E-state index is 9.34. The third-order valence-electron chi connectivity index (χ3n) is 4.73. The highest BCUT2D eigenvalue weighted by molar-refractivity contribution is 5.38. The summed E-state index contributed by atoms with van der Waals surface area (Å²) < 4.78 is 0. The summed E-state index contributed by atoms with van der Waals surface area (Å²) in [5.41, 5.74) is 6.13. The number of hydrogen-bond acceptors (Lipinski definition) is 1. The average molecular weight is 339 g/mol. The van der Waals surface area contributed by atoms with E-state index in [2.05, 4.69) is 72.8 Å². The van der Waals surface area contributed by atoms with Crippen molar-refractivity contribution in [3.8, 4) is 6.07 Å². The molecule has 0 N–H and O–H groups in total. The van der Waals surface area contributed by atoms with Gasteiger partial charge in [-0.2, -0.15) is 5.26 Å². The van der Waals surface area contributed by atoms with Gasteiger partial charge in [-0.25, -0.2) is 0 Å². The Morgan fingerprint density at radius 3 is 1.38 bits per heavy atom. The van der Waals surface area contributed by atoms with E-state index >= 15 is 0 Å². The van der Waals surface area contributed by atoms with Crippen molar-refractivity contribution in [2.75, 3.05) is 0 Å². The second kappa shape index (κ2) is 9.59. The van der Waals surface area contributed by atoms with Gasteiger partial charge in [-0.15, -0.1) is 0 Å². The van der Waals surface area contributed by atoms with E-state index in [0.29, 0.717) is 0 Å². The predicted octanol–water partition coefficient (Wildman–Crippen LogP) is 5.91. The summed E-state index contributed by atoms with van der Waals surface area (Å²) in [7, 11) is 0. The zero-order valence-electron chi connectivity index (χ0n) is 15.2. The molecule has 3 rings (SSSR count). The molecule has 0 atom stereocenters. The van der Waals surface area contributed by atoms with Crippen LogP contribution in [0.3, 0.4) is 0 Å². The van der Waals surface area contributed by atoms with E-state index < -0.39 is 0 Å². The van der Waals surface area contributed by atoms with Crippen LogP contribution < -0.4 is 0 Å². The fourth-order valence-corrected chi connectivity index (χ4v) is 3.40. The van der Waals surface area contributed by atoms with E-state index in [1.54, 1.807) is 0 Å². The van der Waals surface area contributed by atoms with Crippen LogP contribution in [-0.4, -0.2) is 0 Å². The van der Waals surface area contributed by atoms with Crippen LogP contribution >= 0.6 is 0 Å². The Hall–Kier alpha value is -2.85. The number of rotatable bonds is 8. The van der Waals surface area contributed by atoms with Crippen LogP contribution in [-0.2, 0) is 25.7 Å². The molecule has 0 bridgehead atoms. The molecule has 0 fully saturated rings. The lowest BCUT2D eigenvalue weighted by atomic mass is 9.97. The summed E-state index contributed by atoms with van der Waals surface area (Å²) in [5, 5.41) is 9.34. The van der Waals surface area contributed by atoms with E-state index in [4.69, 9.17) is 0 Å². The van der Waals surface area contributed by atoms with Crippen LogP contribution in [0, 0.1) is 11.3 Å².